The Morgan fingerprint density at radius 1 is 1.03 bits per heavy atom. The highest BCUT2D eigenvalue weighted by Gasteiger charge is 2.19. The number of para-hydroxylation sites is 1. The number of ether oxygens (including phenoxy) is 1. The van der Waals surface area contributed by atoms with Crippen molar-refractivity contribution in [2.75, 3.05) is 17.7 Å². The largest absolute Gasteiger partial charge is 0.444 e. The van der Waals surface area contributed by atoms with Crippen LogP contribution < -0.4 is 10.6 Å². The molecule has 0 bridgehead atoms. The molecule has 1 heterocycles. The number of hydrogen-bond acceptors (Lipinski definition) is 6. The van der Waals surface area contributed by atoms with Crippen molar-refractivity contribution in [1.29, 1.82) is 0 Å². The molecule has 0 fully saturated rings. The number of amides is 1. The average Bonchev–Trinajstić information content (AvgIpc) is 2.70. The van der Waals surface area contributed by atoms with E-state index in [1.54, 1.807) is 18.1 Å². The fourth-order valence-electron chi connectivity index (χ4n) is 2.84. The van der Waals surface area contributed by atoms with E-state index in [1.807, 2.05) is 82.3 Å². The Morgan fingerprint density at radius 3 is 2.45 bits per heavy atom. The zero-order valence-corrected chi connectivity index (χ0v) is 18.6. The van der Waals surface area contributed by atoms with Gasteiger partial charge in [-0.3, -0.25) is 0 Å². The topological polar surface area (TPSA) is 79.4 Å². The second kappa shape index (κ2) is 9.47. The first kappa shape index (κ1) is 22.1. The highest BCUT2D eigenvalue weighted by atomic mass is 16.6. The van der Waals surface area contributed by atoms with Gasteiger partial charge >= 0.3 is 6.09 Å². The molecular formula is C24H29N5O2. The number of aryl methyl sites for hydroxylation is 1. The molecule has 0 aliphatic heterocycles. The van der Waals surface area contributed by atoms with Gasteiger partial charge in [0.1, 0.15) is 11.4 Å². The Hall–Kier alpha value is -3.61. The van der Waals surface area contributed by atoms with Gasteiger partial charge in [0.25, 0.3) is 0 Å². The quantitative estimate of drug-likeness (QED) is 0.538. The summed E-state index contributed by atoms with van der Waals surface area (Å²) in [5, 5.41) is 6.56. The standard InChI is InChI=1S/C24H29N5O2/c1-17-15-25-22(27-19-11-7-6-8-12-19)28-21(17)26-20-13-9-10-18(14-20)16-29(5)23(30)31-24(2,3)4/h6-15H,16H2,1-5H3,(H2,25,26,27,28). The molecule has 2 aromatic carbocycles. The van der Waals surface area contributed by atoms with Crippen LogP contribution in [0.3, 0.4) is 0 Å². The zero-order chi connectivity index (χ0) is 22.4. The summed E-state index contributed by atoms with van der Waals surface area (Å²) in [6, 6.07) is 17.7. The average molecular weight is 420 g/mol. The lowest BCUT2D eigenvalue weighted by Crippen LogP contribution is -2.33. The van der Waals surface area contributed by atoms with Crippen molar-refractivity contribution in [3.8, 4) is 0 Å². The van der Waals surface area contributed by atoms with Crippen LogP contribution in [0.2, 0.25) is 0 Å². The smallest absolute Gasteiger partial charge is 0.410 e. The Balaban J connectivity index is 1.70. The maximum absolute atomic E-state index is 12.2. The maximum atomic E-state index is 12.2. The molecule has 7 heteroatoms. The zero-order valence-electron chi connectivity index (χ0n) is 18.6. The summed E-state index contributed by atoms with van der Waals surface area (Å²) in [4.78, 5) is 22.8. The molecule has 0 aliphatic rings. The van der Waals surface area contributed by atoms with E-state index in [-0.39, 0.29) is 6.09 Å². The number of rotatable bonds is 6. The lowest BCUT2D eigenvalue weighted by Gasteiger charge is -2.24. The third-order valence-electron chi connectivity index (χ3n) is 4.32. The summed E-state index contributed by atoms with van der Waals surface area (Å²) in [5.74, 6) is 1.23. The Kier molecular flexibility index (Phi) is 6.74. The highest BCUT2D eigenvalue weighted by Crippen LogP contribution is 2.22. The minimum atomic E-state index is -0.523. The van der Waals surface area contributed by atoms with Crippen molar-refractivity contribution in [2.45, 2.75) is 39.8 Å². The molecule has 0 saturated carbocycles. The number of nitrogens with one attached hydrogen (secondary N) is 2. The van der Waals surface area contributed by atoms with Crippen molar-refractivity contribution >= 4 is 29.2 Å². The first-order chi connectivity index (χ1) is 14.7. The lowest BCUT2D eigenvalue weighted by atomic mass is 10.2. The summed E-state index contributed by atoms with van der Waals surface area (Å²) in [6.07, 6.45) is 1.43. The minimum Gasteiger partial charge on any atom is -0.444 e. The van der Waals surface area contributed by atoms with Gasteiger partial charge in [-0.25, -0.2) is 9.78 Å². The van der Waals surface area contributed by atoms with E-state index in [2.05, 4.69) is 20.6 Å². The van der Waals surface area contributed by atoms with Gasteiger partial charge in [0.15, 0.2) is 0 Å². The predicted octanol–water partition coefficient (Wildman–Crippen LogP) is 5.64. The Bertz CT molecular complexity index is 1030. The van der Waals surface area contributed by atoms with E-state index in [0.29, 0.717) is 18.3 Å². The monoisotopic (exact) mass is 419 g/mol. The number of carbonyl (C=O) groups excluding carboxylic acids is 1. The van der Waals surface area contributed by atoms with Crippen LogP contribution in [-0.4, -0.2) is 33.6 Å². The van der Waals surface area contributed by atoms with Crippen LogP contribution in [0.1, 0.15) is 31.9 Å². The van der Waals surface area contributed by atoms with E-state index >= 15 is 0 Å². The van der Waals surface area contributed by atoms with Gasteiger partial charge in [0, 0.05) is 36.7 Å². The minimum absolute atomic E-state index is 0.353. The number of anilines is 4. The molecule has 31 heavy (non-hydrogen) atoms. The molecule has 3 aromatic rings. The van der Waals surface area contributed by atoms with Crippen LogP contribution in [0.4, 0.5) is 27.9 Å². The molecule has 1 aromatic heterocycles. The molecule has 0 unspecified atom stereocenters. The van der Waals surface area contributed by atoms with Crippen molar-refractivity contribution in [2.24, 2.45) is 0 Å². The molecular weight excluding hydrogens is 390 g/mol. The molecule has 0 spiro atoms. The van der Waals surface area contributed by atoms with Crippen LogP contribution in [0.5, 0.6) is 0 Å². The van der Waals surface area contributed by atoms with Crippen LogP contribution in [-0.2, 0) is 11.3 Å². The van der Waals surface area contributed by atoms with Crippen LogP contribution in [0.15, 0.2) is 60.8 Å². The van der Waals surface area contributed by atoms with Gasteiger partial charge in [-0.05, 0) is 57.5 Å². The third kappa shape index (κ3) is 6.70. The Morgan fingerprint density at radius 2 is 1.74 bits per heavy atom. The molecule has 0 aliphatic carbocycles. The van der Waals surface area contributed by atoms with Crippen LogP contribution in [0, 0.1) is 6.92 Å². The molecule has 0 saturated heterocycles. The van der Waals surface area contributed by atoms with Gasteiger partial charge in [-0.2, -0.15) is 4.98 Å². The summed E-state index contributed by atoms with van der Waals surface area (Å²) in [5.41, 5.74) is 3.18. The predicted molar refractivity (Wildman–Crippen MR) is 124 cm³/mol. The second-order valence-corrected chi connectivity index (χ2v) is 8.38. The summed E-state index contributed by atoms with van der Waals surface area (Å²) in [6.45, 7) is 7.96. The van der Waals surface area contributed by atoms with Crippen molar-refractivity contribution in [1.82, 2.24) is 14.9 Å². The molecule has 1 amide bonds. The molecule has 3 rings (SSSR count). The highest BCUT2D eigenvalue weighted by molar-refractivity contribution is 5.68. The second-order valence-electron chi connectivity index (χ2n) is 8.38. The fourth-order valence-corrected chi connectivity index (χ4v) is 2.84. The van der Waals surface area contributed by atoms with Crippen molar-refractivity contribution in [3.05, 3.63) is 71.9 Å². The Labute approximate surface area is 183 Å². The first-order valence-corrected chi connectivity index (χ1v) is 10.2. The van der Waals surface area contributed by atoms with E-state index < -0.39 is 5.60 Å². The van der Waals surface area contributed by atoms with Crippen LogP contribution >= 0.6 is 0 Å². The lowest BCUT2D eigenvalue weighted by molar-refractivity contribution is 0.0285. The van der Waals surface area contributed by atoms with E-state index in [9.17, 15) is 4.79 Å². The molecule has 7 nitrogen and oxygen atoms in total. The summed E-state index contributed by atoms with van der Waals surface area (Å²) < 4.78 is 5.42. The van der Waals surface area contributed by atoms with Crippen molar-refractivity contribution in [3.63, 3.8) is 0 Å². The van der Waals surface area contributed by atoms with E-state index in [4.69, 9.17) is 4.74 Å². The fraction of sp³-hybridized carbons (Fsp3) is 0.292. The molecule has 162 valence electrons. The number of carbonyl (C=O) groups is 1. The van der Waals surface area contributed by atoms with Crippen molar-refractivity contribution < 1.29 is 9.53 Å². The third-order valence-corrected chi connectivity index (χ3v) is 4.32. The first-order valence-electron chi connectivity index (χ1n) is 10.2. The SMILES string of the molecule is Cc1cnc(Nc2ccccc2)nc1Nc1cccc(CN(C)C(=O)OC(C)(C)C)c1. The van der Waals surface area contributed by atoms with Gasteiger partial charge in [0.05, 0.1) is 0 Å². The number of benzene rings is 2. The number of nitrogens with zero attached hydrogens (tertiary/aromatic N) is 3. The number of aromatic nitrogens is 2. The van der Waals surface area contributed by atoms with E-state index in [0.717, 1.165) is 22.5 Å². The number of hydrogen-bond donors (Lipinski definition) is 2. The molecule has 0 atom stereocenters. The van der Waals surface area contributed by atoms with E-state index in [1.165, 1.54) is 0 Å². The van der Waals surface area contributed by atoms with Crippen LogP contribution in [0.25, 0.3) is 0 Å². The van der Waals surface area contributed by atoms with Gasteiger partial charge in [0.2, 0.25) is 5.95 Å². The summed E-state index contributed by atoms with van der Waals surface area (Å²) >= 11 is 0. The molecule has 2 N–H and O–H groups in total. The van der Waals surface area contributed by atoms with Gasteiger partial charge in [-0.15, -0.1) is 0 Å². The molecule has 0 radical (unpaired) electrons. The van der Waals surface area contributed by atoms with Gasteiger partial charge in [-0.1, -0.05) is 30.3 Å². The maximum Gasteiger partial charge on any atom is 0.410 e. The normalized spacial score (nSPS) is 11.0. The van der Waals surface area contributed by atoms with Gasteiger partial charge < -0.3 is 20.3 Å². The summed E-state index contributed by atoms with van der Waals surface area (Å²) in [7, 11) is 1.73.